The Labute approximate surface area is 118 Å². The molecule has 100 valence electrons. The molecule has 0 atom stereocenters. The largest absolute Gasteiger partial charge is 0.438 e. The molecule has 0 N–H and O–H groups in total. The molecule has 19 heavy (non-hydrogen) atoms. The molecule has 0 spiro atoms. The molecule has 0 bridgehead atoms. The minimum Gasteiger partial charge on any atom is -0.438 e. The van der Waals surface area contributed by atoms with Crippen LogP contribution in [0.3, 0.4) is 0 Å². The van der Waals surface area contributed by atoms with Crippen molar-refractivity contribution in [2.24, 2.45) is 0 Å². The van der Waals surface area contributed by atoms with Crippen molar-refractivity contribution in [3.63, 3.8) is 0 Å². The van der Waals surface area contributed by atoms with Crippen LogP contribution in [0.4, 0.5) is 0 Å². The zero-order valence-electron chi connectivity index (χ0n) is 11.8. The molecule has 0 fully saturated rings. The molecule has 0 aliphatic rings. The second-order valence-corrected chi connectivity index (χ2v) is 5.11. The highest BCUT2D eigenvalue weighted by atomic mass is 35.5. The smallest absolute Gasteiger partial charge is 0.227 e. The van der Waals surface area contributed by atoms with Crippen LogP contribution in [0.15, 0.2) is 12.1 Å². The number of aromatic nitrogens is 2. The number of hydrogen-bond acceptors (Lipinski definition) is 3. The normalized spacial score (nSPS) is 10.6. The quantitative estimate of drug-likeness (QED) is 0.760. The Balaban J connectivity index is 2.51. The lowest BCUT2D eigenvalue weighted by Crippen LogP contribution is -2.00. The average Bonchev–Trinajstić information content (AvgIpc) is 2.35. The first kappa shape index (κ1) is 13.8. The van der Waals surface area contributed by atoms with Crippen molar-refractivity contribution >= 4 is 11.6 Å². The van der Waals surface area contributed by atoms with E-state index in [4.69, 9.17) is 16.3 Å². The summed E-state index contributed by atoms with van der Waals surface area (Å²) in [5.41, 5.74) is 4.14. The fraction of sp³-hybridized carbons (Fsp3) is 0.333. The molecular formula is C15H17ClN2O. The molecule has 3 nitrogen and oxygen atoms in total. The van der Waals surface area contributed by atoms with Crippen molar-refractivity contribution in [2.75, 3.05) is 0 Å². The van der Waals surface area contributed by atoms with Crippen molar-refractivity contribution in [2.45, 2.75) is 34.6 Å². The predicted octanol–water partition coefficient (Wildman–Crippen LogP) is 4.46. The van der Waals surface area contributed by atoms with E-state index in [0.29, 0.717) is 16.9 Å². The minimum atomic E-state index is 0.436. The van der Waals surface area contributed by atoms with Gasteiger partial charge < -0.3 is 4.74 Å². The van der Waals surface area contributed by atoms with E-state index < -0.39 is 0 Å². The van der Waals surface area contributed by atoms with Crippen LogP contribution in [0.1, 0.15) is 28.1 Å². The van der Waals surface area contributed by atoms with Crippen LogP contribution in [-0.2, 0) is 0 Å². The van der Waals surface area contributed by atoms with Gasteiger partial charge in [-0.05, 0) is 51.3 Å². The Morgan fingerprint density at radius 3 is 2.21 bits per heavy atom. The van der Waals surface area contributed by atoms with Crippen molar-refractivity contribution in [1.82, 2.24) is 9.97 Å². The Morgan fingerprint density at radius 2 is 1.53 bits per heavy atom. The number of ether oxygens (including phenoxy) is 1. The lowest BCUT2D eigenvalue weighted by molar-refractivity contribution is 0.448. The SMILES string of the molecule is Cc1nc(Cl)c(C)c(Oc2c(C)ccc(C)c2C)n1. The third-order valence-corrected chi connectivity index (χ3v) is 3.59. The Morgan fingerprint density at radius 1 is 0.895 bits per heavy atom. The molecule has 0 saturated heterocycles. The van der Waals surface area contributed by atoms with Gasteiger partial charge in [0.25, 0.3) is 0 Å². The average molecular weight is 277 g/mol. The van der Waals surface area contributed by atoms with Gasteiger partial charge in [0.15, 0.2) is 0 Å². The summed E-state index contributed by atoms with van der Waals surface area (Å²) in [5.74, 6) is 1.97. The number of aryl methyl sites for hydroxylation is 3. The zero-order valence-corrected chi connectivity index (χ0v) is 12.6. The standard InChI is InChI=1S/C15H17ClN2O/c1-8-6-7-9(2)13(10(8)3)19-15-11(4)14(16)17-12(5)18-15/h6-7H,1-5H3. The van der Waals surface area contributed by atoms with Gasteiger partial charge in [0.05, 0.1) is 0 Å². The second-order valence-electron chi connectivity index (χ2n) is 4.75. The summed E-state index contributed by atoms with van der Waals surface area (Å²) < 4.78 is 5.98. The first-order valence-electron chi connectivity index (χ1n) is 6.15. The van der Waals surface area contributed by atoms with E-state index in [1.54, 1.807) is 6.92 Å². The fourth-order valence-electron chi connectivity index (χ4n) is 1.85. The van der Waals surface area contributed by atoms with E-state index in [9.17, 15) is 0 Å². The fourth-order valence-corrected chi connectivity index (χ4v) is 2.05. The van der Waals surface area contributed by atoms with Gasteiger partial charge >= 0.3 is 0 Å². The number of benzene rings is 1. The lowest BCUT2D eigenvalue weighted by Gasteiger charge is -2.15. The maximum absolute atomic E-state index is 6.07. The molecule has 0 aliphatic carbocycles. The van der Waals surface area contributed by atoms with E-state index in [-0.39, 0.29) is 0 Å². The van der Waals surface area contributed by atoms with Crippen LogP contribution in [-0.4, -0.2) is 9.97 Å². The van der Waals surface area contributed by atoms with Gasteiger partial charge in [-0.2, -0.15) is 4.98 Å². The first-order chi connectivity index (χ1) is 8.90. The van der Waals surface area contributed by atoms with E-state index in [1.165, 1.54) is 5.56 Å². The van der Waals surface area contributed by atoms with Crippen molar-refractivity contribution in [1.29, 1.82) is 0 Å². The summed E-state index contributed by atoms with van der Waals surface area (Å²) in [5, 5.41) is 0.436. The third-order valence-electron chi connectivity index (χ3n) is 3.23. The summed E-state index contributed by atoms with van der Waals surface area (Å²) in [6.07, 6.45) is 0. The van der Waals surface area contributed by atoms with Gasteiger partial charge in [-0.1, -0.05) is 23.7 Å². The van der Waals surface area contributed by atoms with Crippen LogP contribution in [0.25, 0.3) is 0 Å². The minimum absolute atomic E-state index is 0.436. The molecule has 0 aliphatic heterocycles. The number of halogens is 1. The summed E-state index contributed by atoms with van der Waals surface area (Å²) >= 11 is 6.07. The van der Waals surface area contributed by atoms with Crippen molar-refractivity contribution < 1.29 is 4.74 Å². The number of rotatable bonds is 2. The topological polar surface area (TPSA) is 35.0 Å². The lowest BCUT2D eigenvalue weighted by atomic mass is 10.1. The van der Waals surface area contributed by atoms with Gasteiger partial charge in [-0.3, -0.25) is 0 Å². The van der Waals surface area contributed by atoms with Gasteiger partial charge in [-0.25, -0.2) is 4.98 Å². The Hall–Kier alpha value is -1.61. The highest BCUT2D eigenvalue weighted by molar-refractivity contribution is 6.30. The van der Waals surface area contributed by atoms with Gasteiger partial charge in [-0.15, -0.1) is 0 Å². The second kappa shape index (κ2) is 5.17. The molecule has 4 heteroatoms. The third kappa shape index (κ3) is 2.71. The van der Waals surface area contributed by atoms with Crippen LogP contribution >= 0.6 is 11.6 Å². The molecule has 1 aromatic carbocycles. The highest BCUT2D eigenvalue weighted by Crippen LogP contribution is 2.32. The summed E-state index contributed by atoms with van der Waals surface area (Å²) in [4.78, 5) is 8.44. The Kier molecular flexibility index (Phi) is 3.76. The van der Waals surface area contributed by atoms with Crippen LogP contribution in [0.2, 0.25) is 5.15 Å². The molecule has 2 aromatic rings. The molecule has 1 aromatic heterocycles. The maximum Gasteiger partial charge on any atom is 0.227 e. The van der Waals surface area contributed by atoms with Crippen molar-refractivity contribution in [3.8, 4) is 11.6 Å². The predicted molar refractivity (Wildman–Crippen MR) is 77.2 cm³/mol. The number of nitrogens with zero attached hydrogens (tertiary/aromatic N) is 2. The van der Waals surface area contributed by atoms with Gasteiger partial charge in [0, 0.05) is 5.56 Å². The zero-order chi connectivity index (χ0) is 14.2. The van der Waals surface area contributed by atoms with Crippen molar-refractivity contribution in [3.05, 3.63) is 45.4 Å². The number of hydrogen-bond donors (Lipinski definition) is 0. The monoisotopic (exact) mass is 276 g/mol. The molecule has 0 radical (unpaired) electrons. The Bertz CT molecular complexity index is 639. The van der Waals surface area contributed by atoms with Gasteiger partial charge in [0.2, 0.25) is 5.88 Å². The molecule has 0 amide bonds. The molecule has 1 heterocycles. The van der Waals surface area contributed by atoms with E-state index in [2.05, 4.69) is 23.0 Å². The van der Waals surface area contributed by atoms with Crippen LogP contribution < -0.4 is 4.74 Å². The molecular weight excluding hydrogens is 260 g/mol. The highest BCUT2D eigenvalue weighted by Gasteiger charge is 2.13. The summed E-state index contributed by atoms with van der Waals surface area (Å²) in [6.45, 7) is 9.79. The molecule has 0 unspecified atom stereocenters. The summed E-state index contributed by atoms with van der Waals surface area (Å²) in [7, 11) is 0. The van der Waals surface area contributed by atoms with E-state index in [0.717, 1.165) is 22.4 Å². The van der Waals surface area contributed by atoms with E-state index >= 15 is 0 Å². The van der Waals surface area contributed by atoms with Gasteiger partial charge in [0.1, 0.15) is 16.7 Å². The first-order valence-corrected chi connectivity index (χ1v) is 6.53. The molecule has 0 saturated carbocycles. The van der Waals surface area contributed by atoms with E-state index in [1.807, 2.05) is 26.8 Å². The maximum atomic E-state index is 6.07. The van der Waals surface area contributed by atoms with Crippen LogP contribution in [0.5, 0.6) is 11.6 Å². The van der Waals surface area contributed by atoms with Crippen LogP contribution in [0, 0.1) is 34.6 Å². The molecule has 2 rings (SSSR count). The summed E-state index contributed by atoms with van der Waals surface area (Å²) in [6, 6.07) is 4.13.